The van der Waals surface area contributed by atoms with E-state index in [0.717, 1.165) is 11.4 Å². The quantitative estimate of drug-likeness (QED) is 0.518. The SMILES string of the molecule is C=CC(=C)Nc1ccc(-c2ccc3c(c2)C(C)(C)c2ccccc2-3)cc1. The lowest BCUT2D eigenvalue weighted by molar-refractivity contribution is 0.660. The number of hydrogen-bond donors (Lipinski definition) is 1. The fourth-order valence-corrected chi connectivity index (χ4v) is 3.87. The summed E-state index contributed by atoms with van der Waals surface area (Å²) < 4.78 is 0. The van der Waals surface area contributed by atoms with Crippen LogP contribution in [0.25, 0.3) is 22.3 Å². The molecule has 0 fully saturated rings. The van der Waals surface area contributed by atoms with Gasteiger partial charge in [0.2, 0.25) is 0 Å². The Hall–Kier alpha value is -3.06. The molecule has 1 N–H and O–H groups in total. The van der Waals surface area contributed by atoms with E-state index < -0.39 is 0 Å². The van der Waals surface area contributed by atoms with Crippen molar-refractivity contribution >= 4 is 5.69 Å². The Bertz CT molecular complexity index is 1010. The van der Waals surface area contributed by atoms with Crippen molar-refractivity contribution in [1.29, 1.82) is 0 Å². The molecule has 3 aromatic rings. The van der Waals surface area contributed by atoms with Gasteiger partial charge in [0.1, 0.15) is 0 Å². The zero-order valence-corrected chi connectivity index (χ0v) is 15.3. The number of fused-ring (bicyclic) bond motifs is 3. The second-order valence-corrected chi connectivity index (χ2v) is 7.36. The van der Waals surface area contributed by atoms with E-state index in [1.165, 1.54) is 33.4 Å². The van der Waals surface area contributed by atoms with E-state index in [9.17, 15) is 0 Å². The molecular formula is C25H23N. The third-order valence-corrected chi connectivity index (χ3v) is 5.35. The fourth-order valence-electron chi connectivity index (χ4n) is 3.87. The van der Waals surface area contributed by atoms with Crippen molar-refractivity contribution < 1.29 is 0 Å². The van der Waals surface area contributed by atoms with Crippen molar-refractivity contribution in [2.24, 2.45) is 0 Å². The van der Waals surface area contributed by atoms with E-state index in [1.54, 1.807) is 6.08 Å². The first-order valence-electron chi connectivity index (χ1n) is 8.94. The molecule has 0 spiro atoms. The Morgan fingerprint density at radius 2 is 1.50 bits per heavy atom. The van der Waals surface area contributed by atoms with Crippen LogP contribution in [0.5, 0.6) is 0 Å². The van der Waals surface area contributed by atoms with E-state index in [0.29, 0.717) is 0 Å². The van der Waals surface area contributed by atoms with Crippen LogP contribution in [0.15, 0.2) is 91.7 Å². The topological polar surface area (TPSA) is 12.0 Å². The predicted molar refractivity (Wildman–Crippen MR) is 112 cm³/mol. The number of hydrogen-bond acceptors (Lipinski definition) is 1. The molecule has 0 saturated heterocycles. The molecule has 128 valence electrons. The van der Waals surface area contributed by atoms with E-state index in [2.05, 4.69) is 99.1 Å². The van der Waals surface area contributed by atoms with Crippen molar-refractivity contribution in [2.45, 2.75) is 19.3 Å². The van der Waals surface area contributed by atoms with Crippen LogP contribution < -0.4 is 5.32 Å². The third-order valence-electron chi connectivity index (χ3n) is 5.35. The average Bonchev–Trinajstić information content (AvgIpc) is 2.90. The molecule has 0 atom stereocenters. The molecule has 0 radical (unpaired) electrons. The zero-order valence-electron chi connectivity index (χ0n) is 15.3. The number of benzene rings is 3. The Balaban J connectivity index is 1.72. The molecule has 26 heavy (non-hydrogen) atoms. The molecule has 1 aliphatic carbocycles. The molecule has 3 aromatic carbocycles. The highest BCUT2D eigenvalue weighted by Crippen LogP contribution is 2.49. The van der Waals surface area contributed by atoms with Gasteiger partial charge in [-0.25, -0.2) is 0 Å². The van der Waals surface area contributed by atoms with Gasteiger partial charge in [0.25, 0.3) is 0 Å². The monoisotopic (exact) mass is 337 g/mol. The molecule has 0 aromatic heterocycles. The number of nitrogens with one attached hydrogen (secondary N) is 1. The molecule has 0 unspecified atom stereocenters. The molecule has 4 rings (SSSR count). The van der Waals surface area contributed by atoms with Crippen LogP contribution in [0, 0.1) is 0 Å². The largest absolute Gasteiger partial charge is 0.356 e. The van der Waals surface area contributed by atoms with Crippen molar-refractivity contribution in [2.75, 3.05) is 5.32 Å². The molecule has 0 bridgehead atoms. The standard InChI is InChI=1S/C25H23N/c1-5-17(2)26-20-13-10-18(11-14-20)19-12-15-22-21-8-6-7-9-23(21)25(3,4)24(22)16-19/h5-16,26H,1-2H2,3-4H3. The van der Waals surface area contributed by atoms with Crippen LogP contribution in [0.4, 0.5) is 5.69 Å². The van der Waals surface area contributed by atoms with Gasteiger partial charge in [-0.1, -0.05) is 75.5 Å². The van der Waals surface area contributed by atoms with Crippen LogP contribution in [-0.2, 0) is 5.41 Å². The maximum Gasteiger partial charge on any atom is 0.0384 e. The average molecular weight is 337 g/mol. The minimum absolute atomic E-state index is 0.0329. The first-order chi connectivity index (χ1) is 12.5. The summed E-state index contributed by atoms with van der Waals surface area (Å²) in [6.45, 7) is 12.2. The molecule has 0 saturated carbocycles. The van der Waals surface area contributed by atoms with Gasteiger partial charge < -0.3 is 5.32 Å². The highest BCUT2D eigenvalue weighted by Gasteiger charge is 2.35. The normalized spacial score (nSPS) is 13.6. The minimum Gasteiger partial charge on any atom is -0.356 e. The number of allylic oxidation sites excluding steroid dienone is 1. The van der Waals surface area contributed by atoms with E-state index in [1.807, 2.05) is 0 Å². The lowest BCUT2D eigenvalue weighted by Crippen LogP contribution is -2.14. The summed E-state index contributed by atoms with van der Waals surface area (Å²) in [5.41, 5.74) is 9.85. The van der Waals surface area contributed by atoms with Gasteiger partial charge in [-0.15, -0.1) is 0 Å². The summed E-state index contributed by atoms with van der Waals surface area (Å²) in [4.78, 5) is 0. The van der Waals surface area contributed by atoms with Gasteiger partial charge in [-0.2, -0.15) is 0 Å². The van der Waals surface area contributed by atoms with Gasteiger partial charge in [-0.3, -0.25) is 0 Å². The van der Waals surface area contributed by atoms with Gasteiger partial charge in [-0.05, 0) is 57.7 Å². The van der Waals surface area contributed by atoms with Crippen molar-refractivity contribution in [3.05, 3.63) is 103 Å². The van der Waals surface area contributed by atoms with Crippen LogP contribution in [0.1, 0.15) is 25.0 Å². The predicted octanol–water partition coefficient (Wildman–Crippen LogP) is 6.77. The lowest BCUT2D eigenvalue weighted by Gasteiger charge is -2.22. The lowest BCUT2D eigenvalue weighted by atomic mass is 9.81. The van der Waals surface area contributed by atoms with Crippen LogP contribution >= 0.6 is 0 Å². The maximum absolute atomic E-state index is 3.89. The molecule has 1 aliphatic rings. The van der Waals surface area contributed by atoms with E-state index in [4.69, 9.17) is 0 Å². The van der Waals surface area contributed by atoms with Gasteiger partial charge in [0.15, 0.2) is 0 Å². The molecule has 1 nitrogen and oxygen atoms in total. The smallest absolute Gasteiger partial charge is 0.0384 e. The van der Waals surface area contributed by atoms with Crippen LogP contribution in [-0.4, -0.2) is 0 Å². The van der Waals surface area contributed by atoms with Crippen LogP contribution in [0.2, 0.25) is 0 Å². The summed E-state index contributed by atoms with van der Waals surface area (Å²) in [6, 6.07) is 24.0. The summed E-state index contributed by atoms with van der Waals surface area (Å²) in [5, 5.41) is 3.22. The molecule has 1 heteroatoms. The molecular weight excluding hydrogens is 314 g/mol. The summed E-state index contributed by atoms with van der Waals surface area (Å²) >= 11 is 0. The molecule has 0 amide bonds. The second-order valence-electron chi connectivity index (χ2n) is 7.36. The van der Waals surface area contributed by atoms with Crippen molar-refractivity contribution in [1.82, 2.24) is 0 Å². The van der Waals surface area contributed by atoms with Gasteiger partial charge >= 0.3 is 0 Å². The Labute approximate surface area is 155 Å². The Kier molecular flexibility index (Phi) is 3.81. The fraction of sp³-hybridized carbons (Fsp3) is 0.120. The zero-order chi connectivity index (χ0) is 18.3. The van der Waals surface area contributed by atoms with E-state index in [-0.39, 0.29) is 5.41 Å². The third kappa shape index (κ3) is 2.57. The maximum atomic E-state index is 3.89. The number of rotatable bonds is 4. The van der Waals surface area contributed by atoms with Gasteiger partial charge in [0, 0.05) is 16.8 Å². The summed E-state index contributed by atoms with van der Waals surface area (Å²) in [5.74, 6) is 0. The second kappa shape index (κ2) is 6.03. The summed E-state index contributed by atoms with van der Waals surface area (Å²) in [7, 11) is 0. The highest BCUT2D eigenvalue weighted by atomic mass is 14.9. The first-order valence-corrected chi connectivity index (χ1v) is 8.94. The van der Waals surface area contributed by atoms with Crippen molar-refractivity contribution in [3.8, 4) is 22.3 Å². The number of anilines is 1. The van der Waals surface area contributed by atoms with Crippen molar-refractivity contribution in [3.63, 3.8) is 0 Å². The van der Waals surface area contributed by atoms with Gasteiger partial charge in [0.05, 0.1) is 0 Å². The first kappa shape index (κ1) is 16.4. The molecule has 0 heterocycles. The Morgan fingerprint density at radius 1 is 0.846 bits per heavy atom. The summed E-state index contributed by atoms with van der Waals surface area (Å²) in [6.07, 6.45) is 1.72. The van der Waals surface area contributed by atoms with Crippen LogP contribution in [0.3, 0.4) is 0 Å². The minimum atomic E-state index is 0.0329. The molecule has 0 aliphatic heterocycles. The Morgan fingerprint density at radius 3 is 2.23 bits per heavy atom. The van der Waals surface area contributed by atoms with E-state index >= 15 is 0 Å². The highest BCUT2D eigenvalue weighted by molar-refractivity contribution is 5.83.